The van der Waals surface area contributed by atoms with Crippen molar-refractivity contribution in [2.24, 2.45) is 0 Å². The van der Waals surface area contributed by atoms with Gasteiger partial charge >= 0.3 is 5.97 Å². The minimum atomic E-state index is -4.65. The summed E-state index contributed by atoms with van der Waals surface area (Å²) in [5.74, 6) is -0.980. The van der Waals surface area contributed by atoms with Gasteiger partial charge in [0.2, 0.25) is 5.91 Å². The maximum absolute atomic E-state index is 14.3. The molecule has 47 heavy (non-hydrogen) atoms. The number of unbranched alkanes of at least 4 members (excludes halogenated alkanes) is 3. The van der Waals surface area contributed by atoms with Crippen molar-refractivity contribution in [2.75, 3.05) is 19.0 Å². The van der Waals surface area contributed by atoms with Crippen molar-refractivity contribution in [1.29, 1.82) is 0 Å². The van der Waals surface area contributed by atoms with Crippen LogP contribution in [-0.4, -0.2) is 76.0 Å². The van der Waals surface area contributed by atoms with Gasteiger partial charge in [-0.2, -0.15) is 8.42 Å². The Hall–Kier alpha value is -4.82. The number of fused-ring (bicyclic) bond motifs is 1. The highest BCUT2D eigenvalue weighted by atomic mass is 32.2. The number of carbonyl (C=O) groups excluding carboxylic acids is 3. The maximum Gasteiger partial charge on any atom is 0.328 e. The molecular weight excluding hydrogens is 626 g/mol. The van der Waals surface area contributed by atoms with Crippen LogP contribution < -0.4 is 10.1 Å². The van der Waals surface area contributed by atoms with Crippen molar-refractivity contribution in [2.45, 2.75) is 68.5 Å². The first-order chi connectivity index (χ1) is 22.6. The third kappa shape index (κ3) is 7.77. The van der Waals surface area contributed by atoms with Gasteiger partial charge in [-0.3, -0.25) is 19.1 Å². The number of ether oxygens (including phenoxy) is 2. The summed E-state index contributed by atoms with van der Waals surface area (Å²) in [5, 5.41) is 4.31. The minimum absolute atomic E-state index is 0.0732. The zero-order valence-corrected chi connectivity index (χ0v) is 26.9. The lowest BCUT2D eigenvalue weighted by molar-refractivity contribution is -0.152. The Balaban J connectivity index is 1.38. The summed E-state index contributed by atoms with van der Waals surface area (Å²) < 4.78 is 46.2. The van der Waals surface area contributed by atoms with Crippen LogP contribution in [0.4, 0.5) is 5.82 Å². The number of hydrogen-bond donors (Lipinski definition) is 2. The number of hydrogen-bond acceptors (Lipinski definition) is 9. The Morgan fingerprint density at radius 3 is 2.66 bits per heavy atom. The molecule has 0 radical (unpaired) electrons. The molecule has 0 spiro atoms. The maximum atomic E-state index is 14.3. The molecule has 0 saturated carbocycles. The van der Waals surface area contributed by atoms with Crippen LogP contribution in [0.25, 0.3) is 10.8 Å². The van der Waals surface area contributed by atoms with Crippen LogP contribution in [0.5, 0.6) is 5.75 Å². The molecule has 5 rings (SSSR count). The van der Waals surface area contributed by atoms with Gasteiger partial charge in [0.1, 0.15) is 28.8 Å². The van der Waals surface area contributed by atoms with Gasteiger partial charge in [-0.1, -0.05) is 56.9 Å². The van der Waals surface area contributed by atoms with Crippen molar-refractivity contribution in [3.8, 4) is 5.75 Å². The Morgan fingerprint density at radius 2 is 1.89 bits per heavy atom. The van der Waals surface area contributed by atoms with Crippen molar-refractivity contribution in [3.63, 3.8) is 0 Å². The molecule has 14 heteroatoms. The molecule has 3 atom stereocenters. The summed E-state index contributed by atoms with van der Waals surface area (Å²) in [6, 6.07) is 11.1. The van der Waals surface area contributed by atoms with Gasteiger partial charge in [0.05, 0.1) is 25.5 Å². The molecule has 2 aromatic heterocycles. The second-order valence-electron chi connectivity index (χ2n) is 11.4. The third-order valence-electron chi connectivity index (χ3n) is 8.18. The second kappa shape index (κ2) is 14.7. The molecule has 2 aromatic carbocycles. The minimum Gasteiger partial charge on any atom is -0.488 e. The van der Waals surface area contributed by atoms with Crippen molar-refractivity contribution in [1.82, 2.24) is 19.4 Å². The monoisotopic (exact) mass is 663 g/mol. The van der Waals surface area contributed by atoms with Crippen LogP contribution in [0.1, 0.15) is 61.8 Å². The lowest BCUT2D eigenvalue weighted by Gasteiger charge is -2.28. The van der Waals surface area contributed by atoms with Crippen molar-refractivity contribution < 1.29 is 36.8 Å². The Morgan fingerprint density at radius 1 is 1.09 bits per heavy atom. The van der Waals surface area contributed by atoms with E-state index in [1.807, 2.05) is 24.3 Å². The molecule has 2 amide bonds. The normalized spacial score (nSPS) is 17.0. The average molecular weight is 664 g/mol. The smallest absolute Gasteiger partial charge is 0.328 e. The number of carbonyl (C=O) groups is 3. The molecule has 1 aliphatic heterocycles. The van der Waals surface area contributed by atoms with Crippen LogP contribution in [0.2, 0.25) is 0 Å². The molecule has 0 bridgehead atoms. The van der Waals surface area contributed by atoms with E-state index < -0.39 is 45.1 Å². The number of benzene rings is 2. The molecule has 0 aliphatic carbocycles. The SMILES string of the molecule is CCCCCC[C@H](C(=O)N1C[C@@H](Oc2cccc3cnccc23)C[C@H]1C(=O)OC)n1cnc(NC(=O)c2ccccc2S(=O)(=O)O)c1. The van der Waals surface area contributed by atoms with Crippen molar-refractivity contribution in [3.05, 3.63) is 79.0 Å². The van der Waals surface area contributed by atoms with E-state index in [2.05, 4.69) is 22.2 Å². The van der Waals surface area contributed by atoms with Gasteiger partial charge in [0.15, 0.2) is 5.82 Å². The highest BCUT2D eigenvalue weighted by Crippen LogP contribution is 2.32. The Kier molecular flexibility index (Phi) is 10.5. The molecule has 1 aliphatic rings. The summed E-state index contributed by atoms with van der Waals surface area (Å²) in [4.78, 5) is 49.6. The number of nitrogens with one attached hydrogen (secondary N) is 1. The number of aromatic nitrogens is 3. The largest absolute Gasteiger partial charge is 0.488 e. The summed E-state index contributed by atoms with van der Waals surface area (Å²) in [6.45, 7) is 2.24. The Bertz CT molecular complexity index is 1860. The fourth-order valence-electron chi connectivity index (χ4n) is 5.85. The number of rotatable bonds is 13. The standard InChI is InChI=1S/C33H37N5O8S/c1-3-4-5-6-12-26(37-20-30(35-21-37)36-31(39)25-11-7-8-14-29(25)47(42,43)44)32(40)38-19-23(17-27(38)33(41)45-2)46-28-13-9-10-22-18-34-16-15-24(22)28/h7-11,13-16,18,20-21,23,26-27H,3-6,12,17,19H2,1-2H3,(H,36,39)(H,42,43,44)/t23-,26+,27-/m0/s1. The van der Waals surface area contributed by atoms with E-state index in [1.54, 1.807) is 17.0 Å². The number of imidazole rings is 1. The summed E-state index contributed by atoms with van der Waals surface area (Å²) in [5.41, 5.74) is -0.261. The van der Waals surface area contributed by atoms with E-state index in [9.17, 15) is 27.4 Å². The van der Waals surface area contributed by atoms with Crippen LogP contribution in [0, 0.1) is 0 Å². The first-order valence-electron chi connectivity index (χ1n) is 15.4. The van der Waals surface area contributed by atoms with Crippen LogP contribution >= 0.6 is 0 Å². The number of methoxy groups -OCH3 is 1. The van der Waals surface area contributed by atoms with E-state index >= 15 is 0 Å². The third-order valence-corrected chi connectivity index (χ3v) is 9.09. The Labute approximate surface area is 272 Å². The van der Waals surface area contributed by atoms with Gasteiger partial charge in [-0.25, -0.2) is 9.78 Å². The molecule has 4 aromatic rings. The van der Waals surface area contributed by atoms with Crippen molar-refractivity contribution >= 4 is 44.5 Å². The van der Waals surface area contributed by atoms with E-state index in [0.29, 0.717) is 12.2 Å². The number of anilines is 1. The predicted molar refractivity (Wildman–Crippen MR) is 173 cm³/mol. The van der Waals surface area contributed by atoms with Gasteiger partial charge in [-0.05, 0) is 30.7 Å². The number of likely N-dealkylation sites (tertiary alicyclic amines) is 1. The lowest BCUT2D eigenvalue weighted by Crippen LogP contribution is -2.44. The predicted octanol–water partition coefficient (Wildman–Crippen LogP) is 4.66. The quantitative estimate of drug-likeness (QED) is 0.116. The molecule has 1 fully saturated rings. The molecule has 1 saturated heterocycles. The van der Waals surface area contributed by atoms with E-state index in [-0.39, 0.29) is 30.3 Å². The number of esters is 1. The van der Waals surface area contributed by atoms with E-state index in [0.717, 1.165) is 42.5 Å². The van der Waals surface area contributed by atoms with Gasteiger partial charge in [0.25, 0.3) is 16.0 Å². The van der Waals surface area contributed by atoms with E-state index in [1.165, 1.54) is 42.7 Å². The average Bonchev–Trinajstić information content (AvgIpc) is 3.71. The van der Waals surface area contributed by atoms with Gasteiger partial charge < -0.3 is 24.3 Å². The summed E-state index contributed by atoms with van der Waals surface area (Å²) >= 11 is 0. The molecule has 248 valence electrons. The van der Waals surface area contributed by atoms with E-state index in [4.69, 9.17) is 9.47 Å². The van der Waals surface area contributed by atoms with Gasteiger partial charge in [-0.15, -0.1) is 0 Å². The van der Waals surface area contributed by atoms with Crippen LogP contribution in [0.15, 0.2) is 78.3 Å². The fourth-order valence-corrected chi connectivity index (χ4v) is 6.54. The highest BCUT2D eigenvalue weighted by molar-refractivity contribution is 7.86. The number of nitrogens with zero attached hydrogens (tertiary/aromatic N) is 4. The molecular formula is C33H37N5O8S. The summed E-state index contributed by atoms with van der Waals surface area (Å²) in [6.07, 6.45) is 10.1. The second-order valence-corrected chi connectivity index (χ2v) is 12.7. The first kappa shape index (κ1) is 33.5. The van der Waals surface area contributed by atoms with Crippen LogP contribution in [-0.2, 0) is 24.4 Å². The number of amides is 2. The summed E-state index contributed by atoms with van der Waals surface area (Å²) in [7, 11) is -3.37. The molecule has 13 nitrogen and oxygen atoms in total. The topological polar surface area (TPSA) is 170 Å². The van der Waals surface area contributed by atoms with Gasteiger partial charge in [0, 0.05) is 35.8 Å². The first-order valence-corrected chi connectivity index (χ1v) is 16.8. The molecule has 3 heterocycles. The molecule has 2 N–H and O–H groups in total. The fraction of sp³-hybridized carbons (Fsp3) is 0.364. The number of pyridine rings is 1. The van der Waals surface area contributed by atoms with Crippen LogP contribution in [0.3, 0.4) is 0 Å². The molecule has 0 unspecified atom stereocenters. The highest BCUT2D eigenvalue weighted by Gasteiger charge is 2.44. The zero-order chi connectivity index (χ0) is 33.6. The lowest BCUT2D eigenvalue weighted by atomic mass is 10.1. The zero-order valence-electron chi connectivity index (χ0n) is 26.1.